The molecular weight excluding hydrogens is 193 g/mol. The van der Waals surface area contributed by atoms with Crippen LogP contribution in [0.5, 0.6) is 0 Å². The Hall–Kier alpha value is -0.930. The van der Waals surface area contributed by atoms with E-state index in [1.165, 1.54) is 12.1 Å². The van der Waals surface area contributed by atoms with Crippen LogP contribution >= 0.6 is 0 Å². The minimum absolute atomic E-state index is 0.141. The van der Waals surface area contributed by atoms with Crippen LogP contribution < -0.4 is 5.73 Å². The van der Waals surface area contributed by atoms with Gasteiger partial charge in [-0.1, -0.05) is 19.9 Å². The molecule has 0 amide bonds. The molecule has 2 nitrogen and oxygen atoms in total. The highest BCUT2D eigenvalue weighted by Gasteiger charge is 2.36. The number of nitrogens with two attached hydrogens (primary N) is 1. The molecule has 82 valence electrons. The van der Waals surface area contributed by atoms with Gasteiger partial charge in [-0.15, -0.1) is 0 Å². The van der Waals surface area contributed by atoms with E-state index in [1.807, 2.05) is 13.8 Å². The number of rotatable bonds is 0. The first-order valence-electron chi connectivity index (χ1n) is 5.15. The molecule has 3 heteroatoms. The Labute approximate surface area is 88.9 Å². The Balaban J connectivity index is 2.59. The number of halogens is 1. The summed E-state index contributed by atoms with van der Waals surface area (Å²) in [6.07, 6.45) is 0.0292. The van der Waals surface area contributed by atoms with E-state index in [9.17, 15) is 9.50 Å². The normalized spacial score (nSPS) is 28.6. The van der Waals surface area contributed by atoms with Crippen molar-refractivity contribution in [2.45, 2.75) is 37.8 Å². The van der Waals surface area contributed by atoms with Crippen molar-refractivity contribution in [2.75, 3.05) is 0 Å². The predicted octanol–water partition coefficient (Wildman–Crippen LogP) is 1.87. The van der Waals surface area contributed by atoms with Crippen molar-refractivity contribution in [1.82, 2.24) is 0 Å². The number of fused-ring (bicyclic) bond motifs is 1. The lowest BCUT2D eigenvalue weighted by molar-refractivity contribution is 0.0993. The Morgan fingerprint density at radius 1 is 1.47 bits per heavy atom. The van der Waals surface area contributed by atoms with Gasteiger partial charge in [0, 0.05) is 0 Å². The summed E-state index contributed by atoms with van der Waals surface area (Å²) >= 11 is 0. The molecule has 0 spiro atoms. The third kappa shape index (κ3) is 1.66. The van der Waals surface area contributed by atoms with Gasteiger partial charge in [-0.3, -0.25) is 0 Å². The summed E-state index contributed by atoms with van der Waals surface area (Å²) in [6, 6.07) is 4.19. The maximum atomic E-state index is 13.1. The summed E-state index contributed by atoms with van der Waals surface area (Å²) in [6.45, 7) is 4.08. The van der Waals surface area contributed by atoms with Gasteiger partial charge in [0.25, 0.3) is 0 Å². The third-order valence-corrected chi connectivity index (χ3v) is 3.24. The first-order chi connectivity index (χ1) is 6.92. The zero-order valence-electron chi connectivity index (χ0n) is 9.00. The van der Waals surface area contributed by atoms with Gasteiger partial charge in [0.05, 0.1) is 12.1 Å². The van der Waals surface area contributed by atoms with Crippen LogP contribution in [0.25, 0.3) is 0 Å². The minimum atomic E-state index is -0.589. The molecule has 3 N–H and O–H groups in total. The highest BCUT2D eigenvalue weighted by Crippen LogP contribution is 2.40. The van der Waals surface area contributed by atoms with E-state index in [-0.39, 0.29) is 11.2 Å². The van der Waals surface area contributed by atoms with E-state index in [2.05, 4.69) is 0 Å². The molecule has 2 atom stereocenters. The van der Waals surface area contributed by atoms with Crippen LogP contribution in [0.2, 0.25) is 0 Å². The van der Waals surface area contributed by atoms with E-state index >= 15 is 0 Å². The Morgan fingerprint density at radius 2 is 2.13 bits per heavy atom. The van der Waals surface area contributed by atoms with Gasteiger partial charge in [-0.25, -0.2) is 4.39 Å². The summed E-state index contributed by atoms with van der Waals surface area (Å²) in [5, 5.41) is 9.80. The summed E-state index contributed by atoms with van der Waals surface area (Å²) in [5.74, 6) is -0.297. The molecule has 1 aliphatic carbocycles. The minimum Gasteiger partial charge on any atom is -0.391 e. The maximum absolute atomic E-state index is 13.1. The highest BCUT2D eigenvalue weighted by molar-refractivity contribution is 5.39. The van der Waals surface area contributed by atoms with Crippen molar-refractivity contribution >= 4 is 0 Å². The standard InChI is InChI=1S/C12H16FNO/c1-12(2)6-10(15)11(14)8-5-7(13)3-4-9(8)12/h3-5,10-11,15H,6,14H2,1-2H3/t10?,11-/m1/s1. The Bertz CT molecular complexity index is 389. The van der Waals surface area contributed by atoms with Gasteiger partial charge < -0.3 is 10.8 Å². The lowest BCUT2D eigenvalue weighted by Crippen LogP contribution is -2.39. The van der Waals surface area contributed by atoms with Crippen molar-refractivity contribution in [2.24, 2.45) is 5.73 Å². The molecule has 0 saturated heterocycles. The molecule has 0 aromatic heterocycles. The van der Waals surface area contributed by atoms with Gasteiger partial charge in [-0.05, 0) is 35.1 Å². The number of aliphatic hydroxyl groups excluding tert-OH is 1. The Kier molecular flexibility index (Phi) is 2.32. The second-order valence-corrected chi connectivity index (χ2v) is 4.91. The average molecular weight is 209 g/mol. The van der Waals surface area contributed by atoms with Crippen molar-refractivity contribution in [3.63, 3.8) is 0 Å². The van der Waals surface area contributed by atoms with Crippen molar-refractivity contribution in [1.29, 1.82) is 0 Å². The first-order valence-corrected chi connectivity index (χ1v) is 5.15. The van der Waals surface area contributed by atoms with Crippen molar-refractivity contribution < 1.29 is 9.50 Å². The van der Waals surface area contributed by atoms with Gasteiger partial charge in [0.2, 0.25) is 0 Å². The van der Waals surface area contributed by atoms with Crippen molar-refractivity contribution in [3.05, 3.63) is 35.1 Å². The second kappa shape index (κ2) is 3.29. The SMILES string of the molecule is CC1(C)CC(O)[C@H](N)c2cc(F)ccc21. The molecule has 1 aliphatic rings. The van der Waals surface area contributed by atoms with Crippen LogP contribution in [0.3, 0.4) is 0 Å². The number of aliphatic hydroxyl groups is 1. The fraction of sp³-hybridized carbons (Fsp3) is 0.500. The fourth-order valence-electron chi connectivity index (χ4n) is 2.39. The molecule has 0 saturated carbocycles. The molecular formula is C12H16FNO. The highest BCUT2D eigenvalue weighted by atomic mass is 19.1. The third-order valence-electron chi connectivity index (χ3n) is 3.24. The van der Waals surface area contributed by atoms with Crippen LogP contribution in [-0.2, 0) is 5.41 Å². The van der Waals surface area contributed by atoms with E-state index in [4.69, 9.17) is 5.73 Å². The largest absolute Gasteiger partial charge is 0.391 e. The molecule has 1 aromatic carbocycles. The molecule has 0 bridgehead atoms. The van der Waals surface area contributed by atoms with Crippen LogP contribution in [0, 0.1) is 5.82 Å². The van der Waals surface area contributed by atoms with Gasteiger partial charge in [0.15, 0.2) is 0 Å². The summed E-state index contributed by atoms with van der Waals surface area (Å²) < 4.78 is 13.1. The number of benzene rings is 1. The molecule has 0 fully saturated rings. The van der Waals surface area contributed by atoms with E-state index in [0.29, 0.717) is 6.42 Å². The fourth-order valence-corrected chi connectivity index (χ4v) is 2.39. The zero-order chi connectivity index (χ0) is 11.2. The number of hydrogen-bond donors (Lipinski definition) is 2. The lowest BCUT2D eigenvalue weighted by Gasteiger charge is -2.38. The second-order valence-electron chi connectivity index (χ2n) is 4.91. The smallest absolute Gasteiger partial charge is 0.123 e. The molecule has 0 aliphatic heterocycles. The molecule has 2 rings (SSSR count). The monoisotopic (exact) mass is 209 g/mol. The van der Waals surface area contributed by atoms with E-state index < -0.39 is 12.1 Å². The first kappa shape index (κ1) is 10.6. The van der Waals surface area contributed by atoms with Crippen molar-refractivity contribution in [3.8, 4) is 0 Å². The Morgan fingerprint density at radius 3 is 2.80 bits per heavy atom. The topological polar surface area (TPSA) is 46.2 Å². The van der Waals surface area contributed by atoms with Crippen LogP contribution in [-0.4, -0.2) is 11.2 Å². The molecule has 0 heterocycles. The summed E-state index contributed by atoms with van der Waals surface area (Å²) in [7, 11) is 0. The van der Waals surface area contributed by atoms with Crippen LogP contribution in [0.4, 0.5) is 4.39 Å². The molecule has 1 unspecified atom stereocenters. The predicted molar refractivity (Wildman–Crippen MR) is 57.0 cm³/mol. The van der Waals surface area contributed by atoms with E-state index in [1.54, 1.807) is 6.07 Å². The van der Waals surface area contributed by atoms with Crippen LogP contribution in [0.15, 0.2) is 18.2 Å². The molecule has 0 radical (unpaired) electrons. The molecule has 1 aromatic rings. The van der Waals surface area contributed by atoms with Gasteiger partial charge in [0.1, 0.15) is 5.82 Å². The quantitative estimate of drug-likeness (QED) is 0.685. The van der Waals surface area contributed by atoms with E-state index in [0.717, 1.165) is 11.1 Å². The van der Waals surface area contributed by atoms with Crippen LogP contribution in [0.1, 0.15) is 37.4 Å². The summed E-state index contributed by atoms with van der Waals surface area (Å²) in [4.78, 5) is 0. The zero-order valence-corrected chi connectivity index (χ0v) is 9.00. The summed E-state index contributed by atoms with van der Waals surface area (Å²) in [5.41, 5.74) is 7.50. The lowest BCUT2D eigenvalue weighted by atomic mass is 9.70. The molecule has 15 heavy (non-hydrogen) atoms. The van der Waals surface area contributed by atoms with Gasteiger partial charge >= 0.3 is 0 Å². The maximum Gasteiger partial charge on any atom is 0.123 e. The number of hydrogen-bond acceptors (Lipinski definition) is 2. The average Bonchev–Trinajstić information content (AvgIpc) is 2.13. The van der Waals surface area contributed by atoms with Gasteiger partial charge in [-0.2, -0.15) is 0 Å².